The van der Waals surface area contributed by atoms with Gasteiger partial charge in [-0.1, -0.05) is 6.92 Å². The number of nitrogens with zero attached hydrogens (tertiary/aromatic N) is 1. The molecule has 0 amide bonds. The minimum atomic E-state index is 0.760. The fourth-order valence-electron chi connectivity index (χ4n) is 1.70. The van der Waals surface area contributed by atoms with E-state index < -0.39 is 0 Å². The molecule has 1 fully saturated rings. The molecule has 2 nitrogen and oxygen atoms in total. The fraction of sp³-hybridized carbons (Fsp3) is 1.00. The summed E-state index contributed by atoms with van der Waals surface area (Å²) < 4.78 is 3.22. The summed E-state index contributed by atoms with van der Waals surface area (Å²) in [6.45, 7) is 4.75. The van der Waals surface area contributed by atoms with Gasteiger partial charge in [0.05, 0.1) is 0 Å². The van der Waals surface area contributed by atoms with E-state index >= 15 is 0 Å². The van der Waals surface area contributed by atoms with Crippen LogP contribution in [0, 0.1) is 5.92 Å². The topological polar surface area (TPSA) is 15.3 Å². The van der Waals surface area contributed by atoms with Crippen LogP contribution >= 0.6 is 22.9 Å². The average molecular weight is 268 g/mol. The van der Waals surface area contributed by atoms with Gasteiger partial charge in [0.25, 0.3) is 0 Å². The fourth-order valence-corrected chi connectivity index (χ4v) is 2.21. The van der Waals surface area contributed by atoms with E-state index in [2.05, 4.69) is 45.3 Å². The average Bonchev–Trinajstić information content (AvgIpc) is 1.98. The number of piperidine rings is 1. The molecule has 1 aliphatic heterocycles. The minimum absolute atomic E-state index is 0.760. The Bertz CT molecular complexity index is 119. The molecule has 1 saturated heterocycles. The van der Waals surface area contributed by atoms with Crippen molar-refractivity contribution in [2.24, 2.45) is 5.92 Å². The van der Waals surface area contributed by atoms with E-state index in [4.69, 9.17) is 0 Å². The lowest BCUT2D eigenvalue weighted by atomic mass is 9.93. The van der Waals surface area contributed by atoms with E-state index in [0.717, 1.165) is 18.5 Å². The highest BCUT2D eigenvalue weighted by atomic mass is 127. The standard InChI is InChI=1S/C8H17IN2/c1-7-3-4-11(2)8(5-7)6-10-9/h7-8,10H,3-6H2,1-2H3/t7-,8+/m0/s1. The molecule has 0 aromatic carbocycles. The SMILES string of the molecule is C[C@H]1CCN(C)[C@@H](CNI)C1. The Balaban J connectivity index is 2.34. The first-order valence-electron chi connectivity index (χ1n) is 4.27. The number of hydrogen-bond acceptors (Lipinski definition) is 2. The Morgan fingerprint density at radius 1 is 1.64 bits per heavy atom. The predicted octanol–water partition coefficient (Wildman–Crippen LogP) is 1.66. The molecule has 0 aliphatic carbocycles. The lowest BCUT2D eigenvalue weighted by Crippen LogP contribution is -2.43. The largest absolute Gasteiger partial charge is 0.302 e. The van der Waals surface area contributed by atoms with Crippen molar-refractivity contribution >= 4 is 22.9 Å². The van der Waals surface area contributed by atoms with Gasteiger partial charge in [0.15, 0.2) is 0 Å². The number of halogens is 1. The smallest absolute Gasteiger partial charge is 0.0228 e. The number of rotatable bonds is 2. The van der Waals surface area contributed by atoms with E-state index in [1.165, 1.54) is 19.4 Å². The second-order valence-electron chi connectivity index (χ2n) is 3.60. The van der Waals surface area contributed by atoms with Gasteiger partial charge in [-0.25, -0.2) is 0 Å². The molecule has 66 valence electrons. The summed E-state index contributed by atoms with van der Waals surface area (Å²) in [7, 11) is 2.23. The summed E-state index contributed by atoms with van der Waals surface area (Å²) in [5, 5.41) is 0. The third kappa shape index (κ3) is 2.87. The predicted molar refractivity (Wildman–Crippen MR) is 56.8 cm³/mol. The van der Waals surface area contributed by atoms with Crippen molar-refractivity contribution in [2.75, 3.05) is 20.1 Å². The molecular weight excluding hydrogens is 251 g/mol. The second-order valence-corrected chi connectivity index (χ2v) is 4.36. The molecule has 0 bridgehead atoms. The third-order valence-corrected chi connectivity index (χ3v) is 3.03. The molecule has 3 heteroatoms. The monoisotopic (exact) mass is 268 g/mol. The molecule has 1 rings (SSSR count). The number of nitrogens with one attached hydrogen (secondary N) is 1. The van der Waals surface area contributed by atoms with Gasteiger partial charge in [0.1, 0.15) is 0 Å². The van der Waals surface area contributed by atoms with Crippen LogP contribution in [-0.2, 0) is 0 Å². The Morgan fingerprint density at radius 2 is 2.36 bits per heavy atom. The van der Waals surface area contributed by atoms with Crippen molar-refractivity contribution < 1.29 is 0 Å². The van der Waals surface area contributed by atoms with Crippen LogP contribution in [-0.4, -0.2) is 31.1 Å². The Labute approximate surface area is 83.2 Å². The maximum atomic E-state index is 3.22. The van der Waals surface area contributed by atoms with Crippen molar-refractivity contribution in [1.82, 2.24) is 8.43 Å². The molecular formula is C8H17IN2. The maximum Gasteiger partial charge on any atom is 0.0228 e. The highest BCUT2D eigenvalue weighted by molar-refractivity contribution is 14.1. The molecule has 2 atom stereocenters. The minimum Gasteiger partial charge on any atom is -0.302 e. The lowest BCUT2D eigenvalue weighted by Gasteiger charge is -2.35. The normalized spacial score (nSPS) is 34.1. The molecule has 0 radical (unpaired) electrons. The van der Waals surface area contributed by atoms with Crippen LogP contribution in [0.1, 0.15) is 19.8 Å². The third-order valence-electron chi connectivity index (χ3n) is 2.59. The lowest BCUT2D eigenvalue weighted by molar-refractivity contribution is 0.152. The first kappa shape index (κ1) is 9.74. The first-order valence-corrected chi connectivity index (χ1v) is 5.35. The van der Waals surface area contributed by atoms with Crippen LogP contribution in [0.5, 0.6) is 0 Å². The molecule has 0 unspecified atom stereocenters. The van der Waals surface area contributed by atoms with Gasteiger partial charge in [-0.3, -0.25) is 3.53 Å². The number of likely N-dealkylation sites (tertiary alicyclic amines) is 1. The molecule has 1 aliphatic rings. The summed E-state index contributed by atoms with van der Waals surface area (Å²) in [6.07, 6.45) is 2.72. The summed E-state index contributed by atoms with van der Waals surface area (Å²) in [5.74, 6) is 0.918. The zero-order valence-corrected chi connectivity index (χ0v) is 9.47. The van der Waals surface area contributed by atoms with E-state index in [0.29, 0.717) is 0 Å². The molecule has 0 spiro atoms. The second kappa shape index (κ2) is 4.62. The van der Waals surface area contributed by atoms with Crippen LogP contribution in [0.2, 0.25) is 0 Å². The van der Waals surface area contributed by atoms with Gasteiger partial charge < -0.3 is 4.90 Å². The van der Waals surface area contributed by atoms with Crippen molar-refractivity contribution in [1.29, 1.82) is 0 Å². The van der Waals surface area contributed by atoms with Crippen LogP contribution < -0.4 is 3.53 Å². The molecule has 11 heavy (non-hydrogen) atoms. The van der Waals surface area contributed by atoms with Crippen LogP contribution in [0.3, 0.4) is 0 Å². The van der Waals surface area contributed by atoms with Crippen molar-refractivity contribution in [3.05, 3.63) is 0 Å². The number of likely N-dealkylation sites (N-methyl/N-ethyl adjacent to an activating group) is 1. The van der Waals surface area contributed by atoms with Gasteiger partial charge in [0.2, 0.25) is 0 Å². The Kier molecular flexibility index (Phi) is 4.09. The highest BCUT2D eigenvalue weighted by Gasteiger charge is 2.22. The van der Waals surface area contributed by atoms with Gasteiger partial charge >= 0.3 is 0 Å². The summed E-state index contributed by atoms with van der Waals surface area (Å²) in [4.78, 5) is 2.46. The van der Waals surface area contributed by atoms with Crippen molar-refractivity contribution in [3.8, 4) is 0 Å². The molecule has 0 aromatic heterocycles. The van der Waals surface area contributed by atoms with Crippen LogP contribution in [0.25, 0.3) is 0 Å². The van der Waals surface area contributed by atoms with E-state index in [1.54, 1.807) is 0 Å². The van der Waals surface area contributed by atoms with Crippen molar-refractivity contribution in [3.63, 3.8) is 0 Å². The van der Waals surface area contributed by atoms with E-state index in [9.17, 15) is 0 Å². The highest BCUT2D eigenvalue weighted by Crippen LogP contribution is 2.20. The first-order chi connectivity index (χ1) is 5.24. The van der Waals surface area contributed by atoms with Gasteiger partial charge in [-0.2, -0.15) is 0 Å². The number of hydrogen-bond donors (Lipinski definition) is 1. The maximum absolute atomic E-state index is 3.22. The zero-order valence-electron chi connectivity index (χ0n) is 7.31. The summed E-state index contributed by atoms with van der Waals surface area (Å²) >= 11 is 2.23. The van der Waals surface area contributed by atoms with Crippen molar-refractivity contribution in [2.45, 2.75) is 25.8 Å². The summed E-state index contributed by atoms with van der Waals surface area (Å²) in [5.41, 5.74) is 0. The quantitative estimate of drug-likeness (QED) is 0.605. The summed E-state index contributed by atoms with van der Waals surface area (Å²) in [6, 6.07) is 0.760. The molecule has 0 aromatic rings. The molecule has 1 heterocycles. The van der Waals surface area contributed by atoms with Gasteiger partial charge in [-0.15, -0.1) is 0 Å². The molecule has 1 N–H and O–H groups in total. The zero-order chi connectivity index (χ0) is 8.27. The Hall–Kier alpha value is 0.650. The molecule has 0 saturated carbocycles. The Morgan fingerprint density at radius 3 is 3.00 bits per heavy atom. The van der Waals surface area contributed by atoms with Crippen LogP contribution in [0.4, 0.5) is 0 Å². The van der Waals surface area contributed by atoms with Crippen LogP contribution in [0.15, 0.2) is 0 Å². The van der Waals surface area contributed by atoms with Gasteiger partial charge in [-0.05, 0) is 32.4 Å². The van der Waals surface area contributed by atoms with E-state index in [1.807, 2.05) is 0 Å². The van der Waals surface area contributed by atoms with Gasteiger partial charge in [0, 0.05) is 35.5 Å². The van der Waals surface area contributed by atoms with E-state index in [-0.39, 0.29) is 0 Å².